The van der Waals surface area contributed by atoms with Crippen LogP contribution in [0.25, 0.3) is 0 Å². The molecule has 0 atom stereocenters. The maximum absolute atomic E-state index is 5.11. The van der Waals surface area contributed by atoms with Crippen LogP contribution in [0.1, 0.15) is 12.8 Å². The van der Waals surface area contributed by atoms with Crippen molar-refractivity contribution in [2.75, 3.05) is 37.6 Å². The second kappa shape index (κ2) is 6.68. The van der Waals surface area contributed by atoms with Gasteiger partial charge in [-0.15, -0.1) is 0 Å². The second-order valence-electron chi connectivity index (χ2n) is 4.21. The van der Waals surface area contributed by atoms with E-state index in [1.165, 1.54) is 24.3 Å². The molecule has 2 rings (SSSR count). The summed E-state index contributed by atoms with van der Waals surface area (Å²) in [6.45, 7) is 0.914. The molecule has 2 heterocycles. The van der Waals surface area contributed by atoms with Gasteiger partial charge in [-0.25, -0.2) is 0 Å². The molecule has 0 saturated carbocycles. The maximum atomic E-state index is 5.11. The molecule has 6 heteroatoms. The summed E-state index contributed by atoms with van der Waals surface area (Å²) < 4.78 is 10.2. The van der Waals surface area contributed by atoms with Gasteiger partial charge in [-0.2, -0.15) is 21.7 Å². The topological polar surface area (TPSA) is 56.3 Å². The number of ether oxygens (including phenoxy) is 2. The van der Waals surface area contributed by atoms with Crippen LogP contribution in [0.4, 0.5) is 5.95 Å². The molecule has 1 aliphatic heterocycles. The van der Waals surface area contributed by atoms with Crippen molar-refractivity contribution in [3.05, 3.63) is 6.07 Å². The average Bonchev–Trinajstić information content (AvgIpc) is 2.45. The van der Waals surface area contributed by atoms with Crippen molar-refractivity contribution >= 4 is 17.7 Å². The smallest absolute Gasteiger partial charge is 0.229 e. The Morgan fingerprint density at radius 2 is 1.83 bits per heavy atom. The third kappa shape index (κ3) is 3.66. The van der Waals surface area contributed by atoms with E-state index in [1.54, 1.807) is 20.3 Å². The molecule has 18 heavy (non-hydrogen) atoms. The number of anilines is 1. The molecule has 0 aromatic carbocycles. The predicted octanol–water partition coefficient (Wildman–Crippen LogP) is 2.05. The lowest BCUT2D eigenvalue weighted by Gasteiger charge is -2.21. The minimum Gasteiger partial charge on any atom is -0.481 e. The molecular formula is C12H19N3O2S. The van der Waals surface area contributed by atoms with E-state index in [0.29, 0.717) is 23.6 Å². The van der Waals surface area contributed by atoms with Gasteiger partial charge in [-0.3, -0.25) is 0 Å². The molecule has 0 unspecified atom stereocenters. The Bertz CT molecular complexity index is 361. The molecule has 100 valence electrons. The molecule has 1 aliphatic rings. The van der Waals surface area contributed by atoms with Crippen molar-refractivity contribution in [2.45, 2.75) is 12.8 Å². The van der Waals surface area contributed by atoms with Gasteiger partial charge in [-0.05, 0) is 30.3 Å². The number of nitrogens with one attached hydrogen (secondary N) is 1. The highest BCUT2D eigenvalue weighted by atomic mass is 32.2. The molecule has 0 radical (unpaired) electrons. The van der Waals surface area contributed by atoms with E-state index in [1.807, 2.05) is 11.8 Å². The minimum atomic E-state index is 0.517. The van der Waals surface area contributed by atoms with Crippen LogP contribution in [0.5, 0.6) is 11.8 Å². The number of thioether (sulfide) groups is 1. The lowest BCUT2D eigenvalue weighted by atomic mass is 10.0. The van der Waals surface area contributed by atoms with Gasteiger partial charge >= 0.3 is 0 Å². The summed E-state index contributed by atoms with van der Waals surface area (Å²) in [5.74, 6) is 4.84. The molecule has 1 fully saturated rings. The fourth-order valence-corrected chi connectivity index (χ4v) is 3.08. The number of hydrogen-bond donors (Lipinski definition) is 1. The van der Waals surface area contributed by atoms with Crippen LogP contribution in [-0.2, 0) is 0 Å². The van der Waals surface area contributed by atoms with E-state index in [9.17, 15) is 0 Å². The van der Waals surface area contributed by atoms with Crippen LogP contribution >= 0.6 is 11.8 Å². The summed E-state index contributed by atoms with van der Waals surface area (Å²) in [5.41, 5.74) is 0. The number of methoxy groups -OCH3 is 2. The Morgan fingerprint density at radius 3 is 2.39 bits per heavy atom. The summed E-state index contributed by atoms with van der Waals surface area (Å²) >= 11 is 2.03. The van der Waals surface area contributed by atoms with Gasteiger partial charge < -0.3 is 14.8 Å². The van der Waals surface area contributed by atoms with Crippen molar-refractivity contribution in [1.29, 1.82) is 0 Å². The SMILES string of the molecule is COc1cc(OC)nc(NCC2CCSCC2)n1. The fraction of sp³-hybridized carbons (Fsp3) is 0.667. The van der Waals surface area contributed by atoms with E-state index < -0.39 is 0 Å². The quantitative estimate of drug-likeness (QED) is 0.883. The zero-order valence-electron chi connectivity index (χ0n) is 10.8. The first-order valence-electron chi connectivity index (χ1n) is 6.10. The third-order valence-electron chi connectivity index (χ3n) is 2.99. The highest BCUT2D eigenvalue weighted by Gasteiger charge is 2.14. The standard InChI is InChI=1S/C12H19N3O2S/c1-16-10-7-11(17-2)15-12(14-10)13-8-9-3-5-18-6-4-9/h7,9H,3-6,8H2,1-2H3,(H,13,14,15). The van der Waals surface area contributed by atoms with Gasteiger partial charge in [-0.1, -0.05) is 0 Å². The van der Waals surface area contributed by atoms with Gasteiger partial charge in [0.25, 0.3) is 0 Å². The first kappa shape index (κ1) is 13.3. The fourth-order valence-electron chi connectivity index (χ4n) is 1.88. The summed E-state index contributed by atoms with van der Waals surface area (Å²) in [6.07, 6.45) is 2.53. The zero-order chi connectivity index (χ0) is 12.8. The van der Waals surface area contributed by atoms with Crippen LogP contribution in [0, 0.1) is 5.92 Å². The number of aromatic nitrogens is 2. The van der Waals surface area contributed by atoms with Crippen molar-refractivity contribution in [3.8, 4) is 11.8 Å². The molecule has 1 aromatic rings. The van der Waals surface area contributed by atoms with Gasteiger partial charge in [0.1, 0.15) is 0 Å². The van der Waals surface area contributed by atoms with E-state index >= 15 is 0 Å². The number of hydrogen-bond acceptors (Lipinski definition) is 6. The largest absolute Gasteiger partial charge is 0.481 e. The zero-order valence-corrected chi connectivity index (χ0v) is 11.6. The number of rotatable bonds is 5. The molecule has 0 aliphatic carbocycles. The van der Waals surface area contributed by atoms with E-state index in [0.717, 1.165) is 6.54 Å². The molecular weight excluding hydrogens is 250 g/mol. The molecule has 0 spiro atoms. The Hall–Kier alpha value is -1.17. The first-order valence-corrected chi connectivity index (χ1v) is 7.26. The maximum Gasteiger partial charge on any atom is 0.229 e. The van der Waals surface area contributed by atoms with Crippen LogP contribution < -0.4 is 14.8 Å². The van der Waals surface area contributed by atoms with Gasteiger partial charge in [0.05, 0.1) is 20.3 Å². The van der Waals surface area contributed by atoms with Crippen molar-refractivity contribution in [3.63, 3.8) is 0 Å². The lowest BCUT2D eigenvalue weighted by Crippen LogP contribution is -2.20. The summed E-state index contributed by atoms with van der Waals surface area (Å²) in [7, 11) is 3.17. The third-order valence-corrected chi connectivity index (χ3v) is 4.04. The van der Waals surface area contributed by atoms with Gasteiger partial charge in [0, 0.05) is 6.54 Å². The molecule has 1 saturated heterocycles. The molecule has 0 amide bonds. The molecule has 1 aromatic heterocycles. The molecule has 0 bridgehead atoms. The first-order chi connectivity index (χ1) is 8.81. The molecule has 1 N–H and O–H groups in total. The second-order valence-corrected chi connectivity index (χ2v) is 5.44. The van der Waals surface area contributed by atoms with E-state index in [-0.39, 0.29) is 0 Å². The van der Waals surface area contributed by atoms with E-state index in [4.69, 9.17) is 9.47 Å². The minimum absolute atomic E-state index is 0.517. The van der Waals surface area contributed by atoms with Crippen LogP contribution in [0.15, 0.2) is 6.07 Å². The molecule has 5 nitrogen and oxygen atoms in total. The highest BCUT2D eigenvalue weighted by molar-refractivity contribution is 7.99. The van der Waals surface area contributed by atoms with Crippen molar-refractivity contribution in [1.82, 2.24) is 9.97 Å². The Kier molecular flexibility index (Phi) is 4.92. The van der Waals surface area contributed by atoms with Crippen LogP contribution in [0.3, 0.4) is 0 Å². The van der Waals surface area contributed by atoms with Crippen molar-refractivity contribution < 1.29 is 9.47 Å². The Morgan fingerprint density at radius 1 is 1.22 bits per heavy atom. The van der Waals surface area contributed by atoms with Gasteiger partial charge in [0.2, 0.25) is 17.7 Å². The average molecular weight is 269 g/mol. The monoisotopic (exact) mass is 269 g/mol. The normalized spacial score (nSPS) is 16.3. The van der Waals surface area contributed by atoms with Crippen molar-refractivity contribution in [2.24, 2.45) is 5.92 Å². The summed E-state index contributed by atoms with van der Waals surface area (Å²) in [5, 5.41) is 3.27. The lowest BCUT2D eigenvalue weighted by molar-refractivity contribution is 0.372. The summed E-state index contributed by atoms with van der Waals surface area (Å²) in [4.78, 5) is 8.51. The van der Waals surface area contributed by atoms with Crippen LogP contribution in [-0.4, -0.2) is 42.2 Å². The Labute approximate surface area is 112 Å². The number of nitrogens with zero attached hydrogens (tertiary/aromatic N) is 2. The van der Waals surface area contributed by atoms with Gasteiger partial charge in [0.15, 0.2) is 0 Å². The Balaban J connectivity index is 1.94. The highest BCUT2D eigenvalue weighted by Crippen LogP contribution is 2.23. The van der Waals surface area contributed by atoms with Crippen LogP contribution in [0.2, 0.25) is 0 Å². The van der Waals surface area contributed by atoms with E-state index in [2.05, 4.69) is 15.3 Å². The summed E-state index contributed by atoms with van der Waals surface area (Å²) in [6, 6.07) is 1.67. The predicted molar refractivity (Wildman–Crippen MR) is 73.7 cm³/mol.